The molecule has 0 spiro atoms. The van der Waals surface area contributed by atoms with Crippen LogP contribution in [0.4, 0.5) is 0 Å². The van der Waals surface area contributed by atoms with Crippen LogP contribution in [-0.2, 0) is 17.1 Å². The molecule has 2 rings (SSSR count). The van der Waals surface area contributed by atoms with Crippen molar-refractivity contribution in [1.82, 2.24) is 19.9 Å². The van der Waals surface area contributed by atoms with Crippen LogP contribution in [-0.4, -0.2) is 31.9 Å². The molecular weight excluding hydrogens is 271 g/mol. The van der Waals surface area contributed by atoms with Crippen molar-refractivity contribution in [2.24, 2.45) is 0 Å². The zero-order chi connectivity index (χ0) is 12.0. The molecule has 2 aromatic rings. The fourth-order valence-corrected chi connectivity index (χ4v) is 0.754. The number of aromatic nitrogens is 4. The van der Waals surface area contributed by atoms with E-state index < -0.39 is 11.9 Å². The molecule has 0 aliphatic heterocycles. The molecule has 0 saturated heterocycles. The van der Waals surface area contributed by atoms with Gasteiger partial charge >= 0.3 is 17.1 Å². The van der Waals surface area contributed by atoms with Crippen LogP contribution >= 0.6 is 0 Å². The summed E-state index contributed by atoms with van der Waals surface area (Å²) >= 11 is 0. The number of carboxylic acids is 2. The molecule has 1 radical (unpaired) electrons. The maximum absolute atomic E-state index is 9.86. The number of carbonyl (C=O) groups excluding carboxylic acids is 2. The molecule has 17 heavy (non-hydrogen) atoms. The van der Waals surface area contributed by atoms with Gasteiger partial charge in [-0.15, -0.1) is 0 Å². The average molecular weight is 277 g/mol. The van der Waals surface area contributed by atoms with Crippen LogP contribution in [0.2, 0.25) is 0 Å². The Balaban J connectivity index is 0.000000284. The Morgan fingerprint density at radius 2 is 1.29 bits per heavy atom. The van der Waals surface area contributed by atoms with Crippen LogP contribution in [0, 0.1) is 0 Å². The Morgan fingerprint density at radius 1 is 0.941 bits per heavy atom. The molecule has 89 valence electrons. The fourth-order valence-electron chi connectivity index (χ4n) is 0.754. The second kappa shape index (κ2) is 7.20. The summed E-state index contributed by atoms with van der Waals surface area (Å²) in [5.74, 6) is -2.83. The second-order valence-electron chi connectivity index (χ2n) is 2.45. The monoisotopic (exact) mass is 277 g/mol. The van der Waals surface area contributed by atoms with Crippen molar-refractivity contribution in [2.75, 3.05) is 0 Å². The number of hydrogen-bond acceptors (Lipinski definition) is 6. The Bertz CT molecular complexity index is 410. The number of aromatic carboxylic acids is 2. The summed E-state index contributed by atoms with van der Waals surface area (Å²) in [5, 5.41) is 19.7. The van der Waals surface area contributed by atoms with Crippen LogP contribution in [0.15, 0.2) is 24.8 Å². The molecule has 0 bridgehead atoms. The van der Waals surface area contributed by atoms with Crippen molar-refractivity contribution < 1.29 is 36.9 Å². The number of carbonyl (C=O) groups is 2. The van der Waals surface area contributed by atoms with Gasteiger partial charge in [-0.1, -0.05) is 0 Å². The van der Waals surface area contributed by atoms with E-state index in [1.807, 2.05) is 0 Å². The van der Waals surface area contributed by atoms with E-state index in [1.54, 1.807) is 0 Å². The van der Waals surface area contributed by atoms with Gasteiger partial charge < -0.3 is 29.8 Å². The molecule has 0 atom stereocenters. The van der Waals surface area contributed by atoms with Crippen molar-refractivity contribution >= 4 is 11.9 Å². The van der Waals surface area contributed by atoms with Gasteiger partial charge in [-0.3, -0.25) is 0 Å². The predicted octanol–water partition coefficient (Wildman–Crippen LogP) is -2.46. The zero-order valence-electron chi connectivity index (χ0n) is 8.21. The summed E-state index contributed by atoms with van der Waals surface area (Å²) < 4.78 is 0. The first-order chi connectivity index (χ1) is 7.61. The van der Waals surface area contributed by atoms with Gasteiger partial charge in [0.05, 0.1) is 0 Å². The van der Waals surface area contributed by atoms with Crippen LogP contribution in [0.1, 0.15) is 21.2 Å². The third-order valence-electron chi connectivity index (χ3n) is 1.38. The molecule has 8 nitrogen and oxygen atoms in total. The van der Waals surface area contributed by atoms with Crippen LogP contribution in [0.3, 0.4) is 0 Å². The number of carboxylic acid groups (broad SMARTS) is 2. The average Bonchev–Trinajstić information content (AvgIpc) is 2.93. The maximum atomic E-state index is 9.86. The Hall–Kier alpha value is -2.12. The van der Waals surface area contributed by atoms with E-state index in [4.69, 9.17) is 0 Å². The van der Waals surface area contributed by atoms with Crippen LogP contribution in [0.25, 0.3) is 0 Å². The van der Waals surface area contributed by atoms with E-state index in [9.17, 15) is 19.8 Å². The van der Waals surface area contributed by atoms with E-state index in [2.05, 4.69) is 19.9 Å². The molecule has 2 aromatic heterocycles. The van der Waals surface area contributed by atoms with Gasteiger partial charge in [0, 0.05) is 24.8 Å². The van der Waals surface area contributed by atoms with Crippen molar-refractivity contribution in [3.05, 3.63) is 36.4 Å². The number of H-pyrrole nitrogens is 2. The minimum atomic E-state index is -1.28. The Morgan fingerprint density at radius 3 is 1.41 bits per heavy atom. The van der Waals surface area contributed by atoms with Crippen LogP contribution in [0.5, 0.6) is 0 Å². The van der Waals surface area contributed by atoms with Gasteiger partial charge in [0.15, 0.2) is 11.6 Å². The maximum Gasteiger partial charge on any atom is 2.00 e. The third-order valence-corrected chi connectivity index (χ3v) is 1.38. The first kappa shape index (κ1) is 14.9. The van der Waals surface area contributed by atoms with Gasteiger partial charge in [0.2, 0.25) is 0 Å². The second-order valence-corrected chi connectivity index (χ2v) is 2.45. The quantitative estimate of drug-likeness (QED) is 0.584. The summed E-state index contributed by atoms with van der Waals surface area (Å²) in [5.41, 5.74) is 0. The summed E-state index contributed by atoms with van der Waals surface area (Å²) in [6.07, 6.45) is 5.55. The van der Waals surface area contributed by atoms with Gasteiger partial charge in [-0.25, -0.2) is 9.97 Å². The smallest absolute Gasteiger partial charge is 0.542 e. The minimum absolute atomic E-state index is 0. The molecule has 2 heterocycles. The van der Waals surface area contributed by atoms with E-state index in [0.717, 1.165) is 0 Å². The standard InChI is InChI=1S/2C4H4N2O2.Mn/c2*7-4(8)3-5-1-2-6-3;/h2*1-2H,(H,5,6)(H,7,8);/q;;+2/p-2. The fraction of sp³-hybridized carbons (Fsp3) is 0. The molecule has 0 amide bonds. The molecule has 0 aromatic carbocycles. The number of nitrogens with zero attached hydrogens (tertiary/aromatic N) is 2. The molecule has 0 aliphatic carbocycles. The minimum Gasteiger partial charge on any atom is -0.542 e. The Labute approximate surface area is 106 Å². The van der Waals surface area contributed by atoms with Gasteiger partial charge in [0.1, 0.15) is 11.9 Å². The number of hydrogen-bond donors (Lipinski definition) is 2. The normalized spacial score (nSPS) is 8.47. The van der Waals surface area contributed by atoms with Crippen molar-refractivity contribution in [1.29, 1.82) is 0 Å². The topological polar surface area (TPSA) is 138 Å². The molecule has 0 saturated carbocycles. The summed E-state index contributed by atoms with van der Waals surface area (Å²) in [4.78, 5) is 31.2. The zero-order valence-corrected chi connectivity index (χ0v) is 9.40. The summed E-state index contributed by atoms with van der Waals surface area (Å²) in [6, 6.07) is 0. The van der Waals surface area contributed by atoms with Crippen molar-refractivity contribution in [3.8, 4) is 0 Å². The van der Waals surface area contributed by atoms with Gasteiger partial charge in [0.25, 0.3) is 0 Å². The third kappa shape index (κ3) is 4.96. The number of nitrogens with one attached hydrogen (secondary N) is 2. The van der Waals surface area contributed by atoms with Crippen molar-refractivity contribution in [2.45, 2.75) is 0 Å². The summed E-state index contributed by atoms with van der Waals surface area (Å²) in [6.45, 7) is 0. The summed E-state index contributed by atoms with van der Waals surface area (Å²) in [7, 11) is 0. The largest absolute Gasteiger partial charge is 2.00 e. The first-order valence-electron chi connectivity index (χ1n) is 4.02. The molecule has 9 heteroatoms. The van der Waals surface area contributed by atoms with Gasteiger partial charge in [-0.05, 0) is 0 Å². The van der Waals surface area contributed by atoms with Crippen molar-refractivity contribution in [3.63, 3.8) is 0 Å². The van der Waals surface area contributed by atoms with E-state index in [0.29, 0.717) is 0 Å². The number of imidazole rings is 2. The Kier molecular flexibility index (Phi) is 6.30. The first-order valence-corrected chi connectivity index (χ1v) is 4.02. The van der Waals surface area contributed by atoms with Gasteiger partial charge in [-0.2, -0.15) is 0 Å². The SMILES string of the molecule is O=C([O-])c1ncc[nH]1.O=C([O-])c1ncc[nH]1.[Mn+2]. The molecule has 0 unspecified atom stereocenters. The molecule has 2 N–H and O–H groups in total. The van der Waals surface area contributed by atoms with E-state index in [-0.39, 0.29) is 28.7 Å². The number of rotatable bonds is 2. The molecular formula is C8H6MnN4O4. The van der Waals surface area contributed by atoms with Crippen LogP contribution < -0.4 is 10.2 Å². The number of aromatic amines is 2. The molecule has 0 fully saturated rings. The predicted molar refractivity (Wildman–Crippen MR) is 45.8 cm³/mol. The van der Waals surface area contributed by atoms with E-state index >= 15 is 0 Å². The van der Waals surface area contributed by atoms with E-state index in [1.165, 1.54) is 24.8 Å². The molecule has 0 aliphatic rings.